The fourth-order valence-corrected chi connectivity index (χ4v) is 0.421. The van der Waals surface area contributed by atoms with Gasteiger partial charge in [-0.25, -0.2) is 0 Å². The number of carbonyl (C=O) groups is 1. The first-order chi connectivity index (χ1) is 3.77. The van der Waals surface area contributed by atoms with E-state index in [9.17, 15) is 4.79 Å². The van der Waals surface area contributed by atoms with Crippen molar-refractivity contribution in [1.29, 1.82) is 0 Å². The van der Waals surface area contributed by atoms with Gasteiger partial charge in [0, 0.05) is 6.42 Å². The Morgan fingerprint density at radius 3 is 2.33 bits per heavy atom. The predicted octanol–water partition coefficient (Wildman–Crippen LogP) is 0.622. The molecule has 0 fully saturated rings. The molecule has 0 unspecified atom stereocenters. The molecular formula is C5H12ClNO2. The Balaban J connectivity index is 0. The van der Waals surface area contributed by atoms with Crippen molar-refractivity contribution in [2.45, 2.75) is 19.3 Å². The Hall–Kier alpha value is -0.280. The molecule has 0 saturated heterocycles. The van der Waals surface area contributed by atoms with Crippen LogP contribution in [0.2, 0.25) is 0 Å². The highest BCUT2D eigenvalue weighted by Gasteiger charge is 1.92. The van der Waals surface area contributed by atoms with E-state index in [-0.39, 0.29) is 18.8 Å². The van der Waals surface area contributed by atoms with Gasteiger partial charge < -0.3 is 10.8 Å². The van der Waals surface area contributed by atoms with E-state index in [4.69, 9.17) is 10.8 Å². The highest BCUT2D eigenvalue weighted by atomic mass is 35.5. The molecule has 0 aliphatic carbocycles. The number of carboxylic acid groups (broad SMARTS) is 1. The summed E-state index contributed by atoms with van der Waals surface area (Å²) in [4.78, 5) is 9.83. The molecule has 0 spiro atoms. The van der Waals surface area contributed by atoms with Crippen LogP contribution < -0.4 is 5.73 Å². The zero-order valence-corrected chi connectivity index (χ0v) is 5.99. The summed E-state index contributed by atoms with van der Waals surface area (Å²) in [5.74, 6) is -0.738. The highest BCUT2D eigenvalue weighted by molar-refractivity contribution is 5.85. The summed E-state index contributed by atoms with van der Waals surface area (Å²) in [6, 6.07) is 0. The van der Waals surface area contributed by atoms with Gasteiger partial charge in [0.1, 0.15) is 0 Å². The van der Waals surface area contributed by atoms with Crippen LogP contribution in [0.1, 0.15) is 19.3 Å². The van der Waals surface area contributed by atoms with Crippen LogP contribution in [0.3, 0.4) is 0 Å². The number of halogens is 1. The second-order valence-electron chi connectivity index (χ2n) is 1.64. The molecule has 0 rings (SSSR count). The van der Waals surface area contributed by atoms with Crippen LogP contribution in [0, 0.1) is 0 Å². The number of carboxylic acids is 1. The Morgan fingerprint density at radius 1 is 1.44 bits per heavy atom. The zero-order valence-electron chi connectivity index (χ0n) is 5.17. The molecule has 9 heavy (non-hydrogen) atoms. The molecule has 56 valence electrons. The molecule has 0 heterocycles. The lowest BCUT2D eigenvalue weighted by Crippen LogP contribution is -2.00. The van der Waals surface area contributed by atoms with Gasteiger partial charge >= 0.3 is 5.97 Å². The number of hydrogen-bond acceptors (Lipinski definition) is 2. The van der Waals surface area contributed by atoms with Crippen molar-refractivity contribution in [1.82, 2.24) is 0 Å². The van der Waals surface area contributed by atoms with Gasteiger partial charge in [-0.3, -0.25) is 4.79 Å². The van der Waals surface area contributed by atoms with E-state index in [2.05, 4.69) is 0 Å². The molecule has 0 aromatic carbocycles. The SMILES string of the molecule is Cl.NCCCCC(=O)O. The maximum atomic E-state index is 9.83. The first kappa shape index (κ1) is 11.5. The molecule has 0 aliphatic heterocycles. The Morgan fingerprint density at radius 2 is 2.00 bits per heavy atom. The fraction of sp³-hybridized carbons (Fsp3) is 0.800. The van der Waals surface area contributed by atoms with Crippen molar-refractivity contribution < 1.29 is 9.90 Å². The lowest BCUT2D eigenvalue weighted by molar-refractivity contribution is -0.137. The van der Waals surface area contributed by atoms with Gasteiger partial charge in [0.05, 0.1) is 0 Å². The molecule has 0 saturated carbocycles. The Kier molecular flexibility index (Phi) is 9.87. The molecular weight excluding hydrogens is 142 g/mol. The largest absolute Gasteiger partial charge is 0.481 e. The number of hydrogen-bond donors (Lipinski definition) is 2. The first-order valence-electron chi connectivity index (χ1n) is 2.69. The van der Waals surface area contributed by atoms with Gasteiger partial charge in [-0.05, 0) is 19.4 Å². The van der Waals surface area contributed by atoms with Crippen LogP contribution in [0.5, 0.6) is 0 Å². The molecule has 0 atom stereocenters. The van der Waals surface area contributed by atoms with Crippen LogP contribution in [-0.4, -0.2) is 17.6 Å². The molecule has 0 aromatic heterocycles. The van der Waals surface area contributed by atoms with Crippen molar-refractivity contribution >= 4 is 18.4 Å². The number of rotatable bonds is 4. The van der Waals surface area contributed by atoms with Crippen LogP contribution in [0.25, 0.3) is 0 Å². The van der Waals surface area contributed by atoms with E-state index < -0.39 is 5.97 Å². The second-order valence-corrected chi connectivity index (χ2v) is 1.64. The maximum Gasteiger partial charge on any atom is 0.303 e. The van der Waals surface area contributed by atoms with Gasteiger partial charge in [-0.15, -0.1) is 12.4 Å². The molecule has 0 aromatic rings. The summed E-state index contributed by atoms with van der Waals surface area (Å²) in [7, 11) is 0. The van der Waals surface area contributed by atoms with Crippen molar-refractivity contribution in [3.05, 3.63) is 0 Å². The number of unbranched alkanes of at least 4 members (excludes halogenated alkanes) is 1. The molecule has 4 heteroatoms. The Bertz CT molecular complexity index is 77.4. The summed E-state index contributed by atoms with van der Waals surface area (Å²) >= 11 is 0. The average Bonchev–Trinajstić information content (AvgIpc) is 1.66. The van der Waals surface area contributed by atoms with Crippen LogP contribution in [-0.2, 0) is 4.79 Å². The fourth-order valence-electron chi connectivity index (χ4n) is 0.421. The van der Waals surface area contributed by atoms with Crippen molar-refractivity contribution in [2.24, 2.45) is 5.73 Å². The average molecular weight is 154 g/mol. The van der Waals surface area contributed by atoms with Gasteiger partial charge in [0.2, 0.25) is 0 Å². The molecule has 0 amide bonds. The first-order valence-corrected chi connectivity index (χ1v) is 2.69. The van der Waals surface area contributed by atoms with Crippen molar-refractivity contribution in [3.63, 3.8) is 0 Å². The van der Waals surface area contributed by atoms with Crippen molar-refractivity contribution in [3.8, 4) is 0 Å². The van der Waals surface area contributed by atoms with Crippen LogP contribution in [0.15, 0.2) is 0 Å². The molecule has 0 radical (unpaired) electrons. The predicted molar refractivity (Wildman–Crippen MR) is 37.8 cm³/mol. The van der Waals surface area contributed by atoms with E-state index in [0.29, 0.717) is 13.0 Å². The summed E-state index contributed by atoms with van der Waals surface area (Å²) in [5, 5.41) is 8.10. The maximum absolute atomic E-state index is 9.83. The third-order valence-electron chi connectivity index (χ3n) is 0.845. The summed E-state index contributed by atoms with van der Waals surface area (Å²) in [5.41, 5.74) is 5.12. The normalized spacial score (nSPS) is 8.11. The lowest BCUT2D eigenvalue weighted by Gasteiger charge is -1.90. The number of aliphatic carboxylic acids is 1. The summed E-state index contributed by atoms with van der Waals surface area (Å²) in [6.45, 7) is 0.591. The minimum absolute atomic E-state index is 0. The topological polar surface area (TPSA) is 63.3 Å². The smallest absolute Gasteiger partial charge is 0.303 e. The third kappa shape index (κ3) is 11.3. The van der Waals surface area contributed by atoms with E-state index in [1.54, 1.807) is 0 Å². The third-order valence-corrected chi connectivity index (χ3v) is 0.845. The molecule has 3 nitrogen and oxygen atoms in total. The highest BCUT2D eigenvalue weighted by Crippen LogP contribution is 1.91. The summed E-state index contributed by atoms with van der Waals surface area (Å²) in [6.07, 6.45) is 1.76. The summed E-state index contributed by atoms with van der Waals surface area (Å²) < 4.78 is 0. The minimum Gasteiger partial charge on any atom is -0.481 e. The van der Waals surface area contributed by atoms with Gasteiger partial charge in [0.15, 0.2) is 0 Å². The van der Waals surface area contributed by atoms with Gasteiger partial charge in [0.25, 0.3) is 0 Å². The van der Waals surface area contributed by atoms with E-state index in [1.165, 1.54) is 0 Å². The van der Waals surface area contributed by atoms with E-state index in [1.807, 2.05) is 0 Å². The zero-order chi connectivity index (χ0) is 6.41. The Labute approximate surface area is 60.6 Å². The van der Waals surface area contributed by atoms with Crippen LogP contribution in [0.4, 0.5) is 0 Å². The standard InChI is InChI=1S/C5H11NO2.ClH/c6-4-2-1-3-5(7)8;/h1-4,6H2,(H,7,8);1H. The quantitative estimate of drug-likeness (QED) is 0.582. The lowest BCUT2D eigenvalue weighted by atomic mass is 10.2. The van der Waals surface area contributed by atoms with Crippen molar-refractivity contribution in [2.75, 3.05) is 6.54 Å². The van der Waals surface area contributed by atoms with Crippen LogP contribution >= 0.6 is 12.4 Å². The van der Waals surface area contributed by atoms with Gasteiger partial charge in [-0.2, -0.15) is 0 Å². The molecule has 0 aliphatic rings. The minimum atomic E-state index is -0.738. The molecule has 0 bridgehead atoms. The number of nitrogens with two attached hydrogens (primary N) is 1. The second kappa shape index (κ2) is 7.72. The molecule has 3 N–H and O–H groups in total. The van der Waals surface area contributed by atoms with E-state index in [0.717, 1.165) is 6.42 Å². The van der Waals surface area contributed by atoms with Gasteiger partial charge in [-0.1, -0.05) is 0 Å². The van der Waals surface area contributed by atoms with E-state index >= 15 is 0 Å². The monoisotopic (exact) mass is 153 g/mol.